The van der Waals surface area contributed by atoms with Gasteiger partial charge in [-0.1, -0.05) is 0 Å². The van der Waals surface area contributed by atoms with E-state index in [1.165, 1.54) is 14.0 Å². The second-order valence-corrected chi connectivity index (χ2v) is 14.1. The van der Waals surface area contributed by atoms with Gasteiger partial charge in [0.2, 0.25) is 11.9 Å². The van der Waals surface area contributed by atoms with Crippen LogP contribution in [0.2, 0.25) is 0 Å². The summed E-state index contributed by atoms with van der Waals surface area (Å²) in [5, 5.41) is 45.4. The van der Waals surface area contributed by atoms with Crippen LogP contribution in [0.5, 0.6) is 17.2 Å². The van der Waals surface area contributed by atoms with Crippen LogP contribution in [-0.4, -0.2) is 113 Å². The molecular weight excluding hydrogens is 632 g/mol. The number of aryl methyl sites for hydroxylation is 1. The second kappa shape index (κ2) is 10.2. The number of hydrogen-bond donors (Lipinski definition) is 4. The summed E-state index contributed by atoms with van der Waals surface area (Å²) in [6.45, 7) is 5.69. The Morgan fingerprint density at radius 2 is 1.88 bits per heavy atom. The quantitative estimate of drug-likeness (QED) is 0.337. The normalized spacial score (nSPS) is 42.1. The molecule has 48 heavy (non-hydrogen) atoms. The lowest BCUT2D eigenvalue weighted by Crippen LogP contribution is -2.72. The molecule has 6 heterocycles. The molecule has 2 bridgehead atoms. The van der Waals surface area contributed by atoms with Gasteiger partial charge in [-0.05, 0) is 51.7 Å². The largest absolute Gasteiger partial charge is 0.506 e. The number of carbonyl (C=O) groups is 1. The third-order valence-electron chi connectivity index (χ3n) is 11.6. The van der Waals surface area contributed by atoms with E-state index in [2.05, 4.69) is 0 Å². The average Bonchev–Trinajstić information content (AvgIpc) is 3.72. The van der Waals surface area contributed by atoms with E-state index >= 15 is 0 Å². The lowest BCUT2D eigenvalue weighted by atomic mass is 9.77. The number of Topliss-reactive ketones (excluding diaryl/α,β-unsaturated/α-hetero) is 1. The van der Waals surface area contributed by atoms with Crippen LogP contribution in [0.15, 0.2) is 6.07 Å². The van der Waals surface area contributed by atoms with E-state index in [0.29, 0.717) is 54.7 Å². The summed E-state index contributed by atoms with van der Waals surface area (Å²) in [6, 6.07) is 1.89. The van der Waals surface area contributed by atoms with Gasteiger partial charge in [-0.2, -0.15) is 0 Å². The number of ketones is 1. The summed E-state index contributed by atoms with van der Waals surface area (Å²) < 4.78 is 57.9. The van der Waals surface area contributed by atoms with Gasteiger partial charge in [-0.15, -0.1) is 0 Å². The Balaban J connectivity index is 1.24. The number of ether oxygens (including phenoxy) is 9. The molecule has 0 aromatic heterocycles. The van der Waals surface area contributed by atoms with E-state index in [4.69, 9.17) is 42.6 Å². The van der Waals surface area contributed by atoms with E-state index in [9.17, 15) is 25.2 Å². The molecule has 2 aromatic carbocycles. The summed E-state index contributed by atoms with van der Waals surface area (Å²) in [5.41, 5.74) is -1.20. The molecule has 10 atom stereocenters. The minimum atomic E-state index is -1.95. The average molecular weight is 673 g/mol. The fourth-order valence-electron chi connectivity index (χ4n) is 9.11. The molecule has 0 radical (unpaired) electrons. The molecule has 4 N–H and O–H groups in total. The number of methoxy groups -OCH3 is 1. The molecule has 7 aliphatic rings. The second-order valence-electron chi connectivity index (χ2n) is 14.1. The maximum absolute atomic E-state index is 13.3. The molecule has 6 aliphatic heterocycles. The van der Waals surface area contributed by atoms with Crippen molar-refractivity contribution in [2.24, 2.45) is 0 Å². The fraction of sp³-hybridized carbons (Fsp3) is 0.676. The zero-order chi connectivity index (χ0) is 33.5. The van der Waals surface area contributed by atoms with Gasteiger partial charge in [0.1, 0.15) is 29.0 Å². The van der Waals surface area contributed by atoms with Gasteiger partial charge in [-0.3, -0.25) is 4.79 Å². The highest BCUT2D eigenvalue weighted by Gasteiger charge is 2.94. The van der Waals surface area contributed by atoms with Gasteiger partial charge in [-0.25, -0.2) is 0 Å². The molecule has 1 aliphatic carbocycles. The molecule has 1 spiro atoms. The first-order valence-electron chi connectivity index (χ1n) is 16.7. The predicted octanol–water partition coefficient (Wildman–Crippen LogP) is 1.79. The minimum absolute atomic E-state index is 0.0597. The molecule has 5 fully saturated rings. The number of aliphatic hydroxyl groups excluding tert-OH is 2. The number of aromatic hydroxyl groups is 1. The van der Waals surface area contributed by atoms with Crippen molar-refractivity contribution in [1.29, 1.82) is 0 Å². The molecule has 5 saturated heterocycles. The zero-order valence-corrected chi connectivity index (χ0v) is 27.1. The third kappa shape index (κ3) is 3.63. The van der Waals surface area contributed by atoms with E-state index in [-0.39, 0.29) is 47.7 Å². The molecule has 14 nitrogen and oxygen atoms in total. The Kier molecular flexibility index (Phi) is 6.68. The molecule has 0 amide bonds. The summed E-state index contributed by atoms with van der Waals surface area (Å²) in [4.78, 5) is 13.3. The Labute approximate surface area is 275 Å². The number of aliphatic hydroxyl groups is 3. The lowest BCUT2D eigenvalue weighted by Gasteiger charge is -2.53. The molecular formula is C34H40O14. The standard InChI is InChI=1S/C34H40O14/c1-14-11-18-24(25(38)23-17(26(18)40-4)7-5-8-19(23)36)27-22(14)28-29-33(46-27,45-21-12-20(37)32(39,15(2)35)16(3)44-21)31(13-43-31)34(47-28,48-29)30-41-9-6-10-42-30/h11,15-16,20-21,28-30,35,37-39H,5-10,12-13H2,1-4H3/t15-,16+,20+,21+,28?,29?,31+,32-,33-,34+/m1/s1. The maximum Gasteiger partial charge on any atom is 0.279 e. The Bertz CT molecular complexity index is 1700. The fourth-order valence-corrected chi connectivity index (χ4v) is 9.11. The number of carbonyl (C=O) groups excluding carboxylic acids is 1. The maximum atomic E-state index is 13.3. The van der Waals surface area contributed by atoms with Gasteiger partial charge in [0.15, 0.2) is 18.2 Å². The number of epoxide rings is 1. The van der Waals surface area contributed by atoms with Crippen molar-refractivity contribution in [3.63, 3.8) is 0 Å². The SMILES string of the molecule is COc1c2c(c(O)c3c4c(c(C)cc13)C1O[C@@]3(C5OCCCO5)OC1[C@@](O[C@H]1C[C@H](O)[C@@](O)([C@@H](C)O)[C@H](C)O1)(O4)[C@@]31CO1)C(=O)CCC2. The first-order chi connectivity index (χ1) is 22.9. The number of fused-ring (bicyclic) bond motifs is 8. The van der Waals surface area contributed by atoms with Gasteiger partial charge in [0, 0.05) is 29.4 Å². The third-order valence-corrected chi connectivity index (χ3v) is 11.6. The number of phenolic OH excluding ortho intramolecular Hbond substituents is 1. The number of benzene rings is 2. The number of hydrogen-bond acceptors (Lipinski definition) is 14. The molecule has 9 rings (SSSR count). The Hall–Kier alpha value is -2.63. The minimum Gasteiger partial charge on any atom is -0.506 e. The molecule has 2 aromatic rings. The Morgan fingerprint density at radius 3 is 2.54 bits per heavy atom. The van der Waals surface area contributed by atoms with Crippen LogP contribution in [0.4, 0.5) is 0 Å². The van der Waals surface area contributed by atoms with Crippen molar-refractivity contribution in [3.8, 4) is 17.2 Å². The van der Waals surface area contributed by atoms with Gasteiger partial charge in [0.25, 0.3) is 11.6 Å². The monoisotopic (exact) mass is 672 g/mol. The van der Waals surface area contributed by atoms with Crippen molar-refractivity contribution in [3.05, 3.63) is 28.3 Å². The highest BCUT2D eigenvalue weighted by molar-refractivity contribution is 6.11. The van der Waals surface area contributed by atoms with Crippen molar-refractivity contribution >= 4 is 16.6 Å². The lowest BCUT2D eigenvalue weighted by molar-refractivity contribution is -0.395. The van der Waals surface area contributed by atoms with Crippen molar-refractivity contribution in [2.75, 3.05) is 26.9 Å². The first kappa shape index (κ1) is 31.4. The summed E-state index contributed by atoms with van der Waals surface area (Å²) in [5.74, 6) is -3.14. The van der Waals surface area contributed by atoms with E-state index < -0.39 is 65.9 Å². The number of phenols is 1. The highest BCUT2D eigenvalue weighted by atomic mass is 16.9. The first-order valence-corrected chi connectivity index (χ1v) is 16.7. The molecule has 260 valence electrons. The van der Waals surface area contributed by atoms with Crippen LogP contribution in [-0.2, 0) is 39.6 Å². The van der Waals surface area contributed by atoms with Crippen LogP contribution in [0.1, 0.15) is 72.7 Å². The summed E-state index contributed by atoms with van der Waals surface area (Å²) >= 11 is 0. The molecule has 14 heteroatoms. The van der Waals surface area contributed by atoms with Crippen LogP contribution in [0.25, 0.3) is 10.8 Å². The Morgan fingerprint density at radius 1 is 1.12 bits per heavy atom. The summed E-state index contributed by atoms with van der Waals surface area (Å²) in [7, 11) is 1.54. The van der Waals surface area contributed by atoms with Crippen molar-refractivity contribution in [2.45, 2.75) is 119 Å². The van der Waals surface area contributed by atoms with Crippen LogP contribution in [0.3, 0.4) is 0 Å². The van der Waals surface area contributed by atoms with Gasteiger partial charge < -0.3 is 63.1 Å². The van der Waals surface area contributed by atoms with E-state index in [1.54, 1.807) is 6.92 Å². The van der Waals surface area contributed by atoms with Crippen molar-refractivity contribution < 1.29 is 67.9 Å². The topological polar surface area (TPSA) is 184 Å². The van der Waals surface area contributed by atoms with Crippen LogP contribution in [0, 0.1) is 6.92 Å². The predicted molar refractivity (Wildman–Crippen MR) is 161 cm³/mol. The molecule has 2 unspecified atom stereocenters. The van der Waals surface area contributed by atoms with E-state index in [1.807, 2.05) is 13.0 Å². The van der Waals surface area contributed by atoms with Crippen molar-refractivity contribution in [1.82, 2.24) is 0 Å². The summed E-state index contributed by atoms with van der Waals surface area (Å²) in [6.07, 6.45) is -5.77. The van der Waals surface area contributed by atoms with Gasteiger partial charge >= 0.3 is 0 Å². The van der Waals surface area contributed by atoms with E-state index in [0.717, 1.165) is 5.56 Å². The highest BCUT2D eigenvalue weighted by Crippen LogP contribution is 2.72. The zero-order valence-electron chi connectivity index (χ0n) is 27.1. The number of rotatable bonds is 5. The van der Waals surface area contributed by atoms with Gasteiger partial charge in [0.05, 0.1) is 56.2 Å². The molecule has 0 saturated carbocycles. The van der Waals surface area contributed by atoms with Crippen LogP contribution >= 0.6 is 0 Å². The smallest absolute Gasteiger partial charge is 0.279 e. The van der Waals surface area contributed by atoms with Crippen LogP contribution < -0.4 is 9.47 Å².